The van der Waals surface area contributed by atoms with Gasteiger partial charge < -0.3 is 39.5 Å². The van der Waals surface area contributed by atoms with Gasteiger partial charge in [0.25, 0.3) is 0 Å². The lowest BCUT2D eigenvalue weighted by atomic mass is 10.0. The number of H-pyrrole nitrogens is 1. The van der Waals surface area contributed by atoms with Gasteiger partial charge in [0.05, 0.1) is 6.61 Å². The van der Waals surface area contributed by atoms with Crippen molar-refractivity contribution in [2.24, 2.45) is 0 Å². The largest absolute Gasteiger partial charge is 0.490 e. The minimum atomic E-state index is -5.70. The molecule has 6 atom stereocenters. The molecule has 1 aliphatic heterocycles. The molecule has 3 unspecified atom stereocenters. The fraction of sp³-hybridized carbons (Fsp3) is 0.467. The number of pyridine rings is 2. The summed E-state index contributed by atoms with van der Waals surface area (Å²) in [6.07, 6.45) is -5.78. The predicted octanol–water partition coefficient (Wildman–Crippen LogP) is 1.41. The molecule has 3 rings (SSSR count). The maximum absolute atomic E-state index is 11.9. The second-order valence-corrected chi connectivity index (χ2v) is 12.2. The van der Waals surface area contributed by atoms with Crippen LogP contribution < -0.4 is 0 Å². The number of nitrogens with one attached hydrogen (secondary N) is 1. The zero-order chi connectivity index (χ0) is 25.6. The van der Waals surface area contributed by atoms with E-state index in [1.807, 2.05) is 19.9 Å². The number of phosphoric ester groups is 1. The first-order chi connectivity index (χ1) is 15.5. The number of rotatable bonds is 8. The summed E-state index contributed by atoms with van der Waals surface area (Å²) >= 11 is 5.31. The van der Waals surface area contributed by atoms with Gasteiger partial charge in [-0.05, 0) is 31.5 Å². The Morgan fingerprint density at radius 2 is 1.71 bits per heavy atom. The highest BCUT2D eigenvalue weighted by atomic mass is 32.1. The van der Waals surface area contributed by atoms with Crippen molar-refractivity contribution in [3.63, 3.8) is 0 Å². The van der Waals surface area contributed by atoms with Gasteiger partial charge in [-0.2, -0.15) is 8.62 Å². The molecular weight excluding hydrogens is 541 g/mol. The molecule has 0 amide bonds. The van der Waals surface area contributed by atoms with Crippen LogP contribution in [0.4, 0.5) is 0 Å². The van der Waals surface area contributed by atoms with Crippen molar-refractivity contribution in [1.29, 1.82) is 0 Å². The number of aliphatic hydroxyl groups is 2. The minimum absolute atomic E-state index is 0.160. The summed E-state index contributed by atoms with van der Waals surface area (Å²) in [5, 5.41) is 21.4. The molecule has 0 bridgehead atoms. The predicted molar refractivity (Wildman–Crippen MR) is 116 cm³/mol. The molecule has 15 nitrogen and oxygen atoms in total. The normalized spacial score (nSPS) is 26.9. The van der Waals surface area contributed by atoms with E-state index in [0.29, 0.717) is 16.6 Å². The maximum atomic E-state index is 11.9. The number of aliphatic hydroxyl groups excluding tert-OH is 2. The summed E-state index contributed by atoms with van der Waals surface area (Å²) in [7, 11) is -16.7. The lowest BCUT2D eigenvalue weighted by molar-refractivity contribution is -0.0224. The summed E-state index contributed by atoms with van der Waals surface area (Å²) in [5.74, 6) is 0. The van der Waals surface area contributed by atoms with Crippen LogP contribution in [0, 0.1) is 18.5 Å². The third kappa shape index (κ3) is 6.64. The van der Waals surface area contributed by atoms with E-state index in [9.17, 15) is 33.7 Å². The zero-order valence-electron chi connectivity index (χ0n) is 17.4. The number of nitrogens with zero attached hydrogens (tertiary/aromatic N) is 1. The van der Waals surface area contributed by atoms with Crippen LogP contribution in [-0.2, 0) is 31.6 Å². The SMILES string of the molecule is Cc1cc2cc([C@@H]3O[C@H](COP(=O)(O)OP(=O)(O)OP(=O)(O)O)[C@H](O)C3O)c(=S)[nH]c2nc1C. The Balaban J connectivity index is 1.75. The van der Waals surface area contributed by atoms with Crippen LogP contribution in [0.2, 0.25) is 0 Å². The van der Waals surface area contributed by atoms with Crippen molar-refractivity contribution in [3.8, 4) is 0 Å². The number of aromatic nitrogens is 2. The highest BCUT2D eigenvalue weighted by molar-refractivity contribution is 7.71. The summed E-state index contributed by atoms with van der Waals surface area (Å²) < 4.78 is 51.4. The molecule has 190 valence electrons. The van der Waals surface area contributed by atoms with Crippen LogP contribution in [0.15, 0.2) is 12.1 Å². The number of phosphoric acid groups is 3. The molecule has 19 heteroatoms. The van der Waals surface area contributed by atoms with E-state index in [0.717, 1.165) is 11.3 Å². The van der Waals surface area contributed by atoms with Gasteiger partial charge in [0.1, 0.15) is 34.7 Å². The van der Waals surface area contributed by atoms with Crippen LogP contribution in [0.1, 0.15) is 22.9 Å². The summed E-state index contributed by atoms with van der Waals surface area (Å²) in [6, 6.07) is 3.44. The average Bonchev–Trinajstić information content (AvgIpc) is 2.93. The average molecular weight is 562 g/mol. The standard InChI is InChI=1S/C15H21N2O13P3S/c1-6-3-8-4-9(15(34)17-14(8)16-7(6)2)13-12(19)11(18)10(28-13)5-27-32(23,24)30-33(25,26)29-31(20,21)22/h3-4,10-13,18-19H,5H2,1-2H3,(H,23,24)(H,25,26)(H,16,17,34)(H2,20,21,22)/t10-,11+,12?,13+/m1/s1. The third-order valence-electron chi connectivity index (χ3n) is 4.79. The monoisotopic (exact) mass is 562 g/mol. The van der Waals surface area contributed by atoms with E-state index in [4.69, 9.17) is 26.7 Å². The number of aryl methyl sites for hydroxylation is 2. The Hall–Kier alpha value is -0.930. The van der Waals surface area contributed by atoms with Gasteiger partial charge in [0, 0.05) is 16.6 Å². The summed E-state index contributed by atoms with van der Waals surface area (Å²) in [4.78, 5) is 43.1. The molecule has 2 aromatic rings. The van der Waals surface area contributed by atoms with E-state index in [2.05, 4.69) is 23.1 Å². The van der Waals surface area contributed by atoms with Gasteiger partial charge in [0.15, 0.2) is 0 Å². The fourth-order valence-corrected chi connectivity index (χ4v) is 6.48. The smallest absolute Gasteiger partial charge is 0.387 e. The van der Waals surface area contributed by atoms with Gasteiger partial charge in [-0.15, -0.1) is 0 Å². The molecular formula is C15H21N2O13P3S. The highest BCUT2D eigenvalue weighted by Gasteiger charge is 2.46. The minimum Gasteiger partial charge on any atom is -0.387 e. The fourth-order valence-electron chi connectivity index (χ4n) is 3.18. The molecule has 1 fully saturated rings. The summed E-state index contributed by atoms with van der Waals surface area (Å²) in [5.41, 5.74) is 2.46. The second-order valence-electron chi connectivity index (χ2n) is 7.35. The van der Waals surface area contributed by atoms with Crippen molar-refractivity contribution in [3.05, 3.63) is 33.6 Å². The highest BCUT2D eigenvalue weighted by Crippen LogP contribution is 2.66. The van der Waals surface area contributed by atoms with E-state index < -0.39 is 54.5 Å². The first kappa shape index (κ1) is 27.7. The number of hydrogen-bond donors (Lipinski definition) is 7. The Bertz CT molecular complexity index is 1300. The van der Waals surface area contributed by atoms with Gasteiger partial charge >= 0.3 is 23.5 Å². The molecule has 34 heavy (non-hydrogen) atoms. The van der Waals surface area contributed by atoms with Crippen LogP contribution in [0.3, 0.4) is 0 Å². The number of hydrogen-bond acceptors (Lipinski definition) is 11. The van der Waals surface area contributed by atoms with Crippen LogP contribution in [0.5, 0.6) is 0 Å². The number of aromatic amines is 1. The van der Waals surface area contributed by atoms with Crippen LogP contribution in [0.25, 0.3) is 11.0 Å². The molecule has 7 N–H and O–H groups in total. The number of ether oxygens (including phenoxy) is 1. The van der Waals surface area contributed by atoms with Crippen molar-refractivity contribution >= 4 is 46.7 Å². The lowest BCUT2D eigenvalue weighted by Crippen LogP contribution is -2.33. The lowest BCUT2D eigenvalue weighted by Gasteiger charge is -2.19. The number of fused-ring (bicyclic) bond motifs is 1. The van der Waals surface area contributed by atoms with Gasteiger partial charge in [0.2, 0.25) is 0 Å². The molecule has 0 saturated carbocycles. The topological polar surface area (TPSA) is 238 Å². The van der Waals surface area contributed by atoms with E-state index in [1.165, 1.54) is 0 Å². The second kappa shape index (κ2) is 9.85. The Kier molecular flexibility index (Phi) is 8.01. The first-order valence-corrected chi connectivity index (χ1v) is 14.2. The molecule has 3 heterocycles. The zero-order valence-corrected chi connectivity index (χ0v) is 20.9. The third-order valence-corrected chi connectivity index (χ3v) is 8.93. The van der Waals surface area contributed by atoms with Crippen molar-refractivity contribution < 1.29 is 61.4 Å². The van der Waals surface area contributed by atoms with E-state index >= 15 is 0 Å². The molecule has 0 spiro atoms. The Morgan fingerprint density at radius 1 is 1.06 bits per heavy atom. The van der Waals surface area contributed by atoms with Gasteiger partial charge in [-0.3, -0.25) is 4.52 Å². The van der Waals surface area contributed by atoms with Crippen molar-refractivity contribution in [1.82, 2.24) is 9.97 Å². The van der Waals surface area contributed by atoms with Crippen LogP contribution in [-0.4, -0.2) is 64.7 Å². The molecule has 0 aromatic carbocycles. The molecule has 0 radical (unpaired) electrons. The van der Waals surface area contributed by atoms with Crippen molar-refractivity contribution in [2.45, 2.75) is 38.3 Å². The van der Waals surface area contributed by atoms with E-state index in [-0.39, 0.29) is 4.64 Å². The van der Waals surface area contributed by atoms with E-state index in [1.54, 1.807) is 6.07 Å². The molecule has 1 saturated heterocycles. The van der Waals surface area contributed by atoms with Gasteiger partial charge in [-0.25, -0.2) is 18.7 Å². The summed E-state index contributed by atoms with van der Waals surface area (Å²) in [6.45, 7) is 2.75. The molecule has 0 aliphatic carbocycles. The van der Waals surface area contributed by atoms with Crippen LogP contribution >= 0.6 is 35.7 Å². The maximum Gasteiger partial charge on any atom is 0.490 e. The quantitative estimate of drug-likeness (QED) is 0.178. The van der Waals surface area contributed by atoms with Crippen molar-refractivity contribution in [2.75, 3.05) is 6.61 Å². The Morgan fingerprint density at radius 3 is 2.32 bits per heavy atom. The molecule has 2 aromatic heterocycles. The van der Waals surface area contributed by atoms with Gasteiger partial charge in [-0.1, -0.05) is 12.2 Å². The molecule has 1 aliphatic rings. The Labute approximate surface area is 196 Å². The first-order valence-electron chi connectivity index (χ1n) is 9.29.